The number of nitrogen functional groups attached to an aromatic ring is 1. The van der Waals surface area contributed by atoms with Crippen molar-refractivity contribution in [2.75, 3.05) is 12.3 Å². The highest BCUT2D eigenvalue weighted by Crippen LogP contribution is 2.29. The van der Waals surface area contributed by atoms with E-state index in [4.69, 9.17) is 11.0 Å². The maximum atomic E-state index is 12.1. The number of carbonyl (C=O) groups is 1. The Kier molecular flexibility index (Phi) is 4.16. The Balaban J connectivity index is 3.35. The second kappa shape index (κ2) is 5.43. The molecule has 1 aromatic heterocycles. The first-order chi connectivity index (χ1) is 8.80. The maximum Gasteiger partial charge on any atom is 0.573 e. The molecule has 0 aliphatic heterocycles. The van der Waals surface area contributed by atoms with Crippen molar-refractivity contribution in [1.29, 1.82) is 5.26 Å². The van der Waals surface area contributed by atoms with Gasteiger partial charge in [0.25, 0.3) is 0 Å². The van der Waals surface area contributed by atoms with Crippen molar-refractivity contribution in [2.24, 2.45) is 0 Å². The molecule has 0 aromatic carbocycles. The van der Waals surface area contributed by atoms with Crippen molar-refractivity contribution in [3.8, 4) is 11.8 Å². The van der Waals surface area contributed by atoms with Gasteiger partial charge in [-0.05, 0) is 6.92 Å². The average Bonchev–Trinajstić information content (AvgIpc) is 2.29. The van der Waals surface area contributed by atoms with Crippen LogP contribution in [0.5, 0.6) is 5.75 Å². The van der Waals surface area contributed by atoms with E-state index in [-0.39, 0.29) is 6.61 Å². The van der Waals surface area contributed by atoms with Crippen LogP contribution < -0.4 is 10.5 Å². The molecule has 102 valence electrons. The summed E-state index contributed by atoms with van der Waals surface area (Å²) in [5, 5.41) is 8.85. The molecule has 0 fully saturated rings. The highest BCUT2D eigenvalue weighted by Gasteiger charge is 2.34. The summed E-state index contributed by atoms with van der Waals surface area (Å²) in [6.45, 7) is 1.46. The first-order valence-corrected chi connectivity index (χ1v) is 4.91. The van der Waals surface area contributed by atoms with Crippen molar-refractivity contribution in [1.82, 2.24) is 4.98 Å². The molecule has 0 radical (unpaired) electrons. The standard InChI is InChI=1S/C10H8F3N3O3/c1-2-18-9(17)7-5(3-14)6(4-16-8(7)15)19-10(11,12)13/h4H,2H2,1H3,(H2,15,16). The number of ether oxygens (including phenoxy) is 2. The number of anilines is 1. The Labute approximate surface area is 105 Å². The van der Waals surface area contributed by atoms with Crippen LogP contribution in [0.1, 0.15) is 22.8 Å². The van der Waals surface area contributed by atoms with E-state index in [9.17, 15) is 18.0 Å². The molecule has 0 saturated carbocycles. The van der Waals surface area contributed by atoms with Crippen molar-refractivity contribution >= 4 is 11.8 Å². The number of halogens is 3. The third-order valence-corrected chi connectivity index (χ3v) is 1.89. The molecule has 6 nitrogen and oxygen atoms in total. The van der Waals surface area contributed by atoms with Gasteiger partial charge in [0.2, 0.25) is 0 Å². The third-order valence-electron chi connectivity index (χ3n) is 1.89. The minimum absolute atomic E-state index is 0.0342. The zero-order valence-electron chi connectivity index (χ0n) is 9.61. The molecule has 0 saturated heterocycles. The van der Waals surface area contributed by atoms with E-state index >= 15 is 0 Å². The number of nitriles is 1. The number of nitrogens with zero attached hydrogens (tertiary/aromatic N) is 2. The third kappa shape index (κ3) is 3.48. The molecule has 0 atom stereocenters. The molecule has 1 aromatic rings. The van der Waals surface area contributed by atoms with Crippen LogP contribution in [-0.2, 0) is 4.74 Å². The molecule has 0 aliphatic carbocycles. The fraction of sp³-hybridized carbons (Fsp3) is 0.300. The number of hydrogen-bond donors (Lipinski definition) is 1. The van der Waals surface area contributed by atoms with Crippen LogP contribution in [0.2, 0.25) is 0 Å². The van der Waals surface area contributed by atoms with Crippen molar-refractivity contribution < 1.29 is 27.4 Å². The van der Waals surface area contributed by atoms with Crippen molar-refractivity contribution in [3.63, 3.8) is 0 Å². The Morgan fingerprint density at radius 1 is 1.58 bits per heavy atom. The maximum absolute atomic E-state index is 12.1. The summed E-state index contributed by atoms with van der Waals surface area (Å²) in [5.74, 6) is -2.37. The first kappa shape index (κ1) is 14.6. The normalized spacial score (nSPS) is 10.7. The molecule has 9 heteroatoms. The van der Waals surface area contributed by atoms with Crippen LogP contribution in [0.3, 0.4) is 0 Å². The first-order valence-electron chi connectivity index (χ1n) is 4.91. The Morgan fingerprint density at radius 3 is 2.68 bits per heavy atom. The van der Waals surface area contributed by atoms with E-state index in [1.165, 1.54) is 13.0 Å². The largest absolute Gasteiger partial charge is 0.573 e. The Bertz CT molecular complexity index is 537. The number of nitrogens with two attached hydrogens (primary N) is 1. The average molecular weight is 275 g/mol. The molecule has 0 aliphatic rings. The van der Waals surface area contributed by atoms with Crippen LogP contribution in [0.15, 0.2) is 6.20 Å². The highest BCUT2D eigenvalue weighted by atomic mass is 19.4. The van der Waals surface area contributed by atoms with Crippen LogP contribution in [0.4, 0.5) is 19.0 Å². The van der Waals surface area contributed by atoms with Crippen molar-refractivity contribution in [2.45, 2.75) is 13.3 Å². The summed E-state index contributed by atoms with van der Waals surface area (Å²) in [5.41, 5.74) is 4.13. The summed E-state index contributed by atoms with van der Waals surface area (Å²) in [7, 11) is 0. The lowest BCUT2D eigenvalue weighted by atomic mass is 10.1. The lowest BCUT2D eigenvalue weighted by Crippen LogP contribution is -2.20. The lowest BCUT2D eigenvalue weighted by Gasteiger charge is -2.13. The molecule has 2 N–H and O–H groups in total. The van der Waals surface area contributed by atoms with Gasteiger partial charge in [-0.25, -0.2) is 9.78 Å². The molecular formula is C10H8F3N3O3. The highest BCUT2D eigenvalue weighted by molar-refractivity contribution is 5.97. The Hall–Kier alpha value is -2.50. The second-order valence-electron chi connectivity index (χ2n) is 3.14. The quantitative estimate of drug-likeness (QED) is 0.841. The van der Waals surface area contributed by atoms with Gasteiger partial charge in [-0.2, -0.15) is 5.26 Å². The summed E-state index contributed by atoms with van der Waals surface area (Å²) < 4.78 is 44.6. The van der Waals surface area contributed by atoms with E-state index in [0.29, 0.717) is 6.20 Å². The molecule has 0 amide bonds. The van der Waals surface area contributed by atoms with Crippen LogP contribution >= 0.6 is 0 Å². The number of aromatic nitrogens is 1. The predicted octanol–water partition coefficient (Wildman–Crippen LogP) is 1.61. The number of hydrogen-bond acceptors (Lipinski definition) is 6. The lowest BCUT2D eigenvalue weighted by molar-refractivity contribution is -0.274. The number of rotatable bonds is 3. The number of alkyl halides is 3. The molecule has 0 spiro atoms. The van der Waals surface area contributed by atoms with Crippen LogP contribution in [-0.4, -0.2) is 23.9 Å². The van der Waals surface area contributed by atoms with E-state index in [0.717, 1.165) is 0 Å². The molecule has 0 unspecified atom stereocenters. The number of carbonyl (C=O) groups excluding carboxylic acids is 1. The van der Waals surface area contributed by atoms with Gasteiger partial charge in [0, 0.05) is 0 Å². The predicted molar refractivity (Wildman–Crippen MR) is 56.0 cm³/mol. The summed E-state index contributed by atoms with van der Waals surface area (Å²) >= 11 is 0. The van der Waals surface area contributed by atoms with E-state index < -0.39 is 35.0 Å². The van der Waals surface area contributed by atoms with Gasteiger partial charge >= 0.3 is 12.3 Å². The molecule has 0 bridgehead atoms. The number of esters is 1. The second-order valence-corrected chi connectivity index (χ2v) is 3.14. The van der Waals surface area contributed by atoms with Crippen LogP contribution in [0.25, 0.3) is 0 Å². The van der Waals surface area contributed by atoms with Gasteiger partial charge in [0.15, 0.2) is 5.75 Å². The molecular weight excluding hydrogens is 267 g/mol. The van der Waals surface area contributed by atoms with Gasteiger partial charge in [0.1, 0.15) is 23.0 Å². The smallest absolute Gasteiger partial charge is 0.462 e. The van der Waals surface area contributed by atoms with Gasteiger partial charge in [-0.1, -0.05) is 0 Å². The van der Waals surface area contributed by atoms with E-state index in [1.807, 2.05) is 0 Å². The Morgan fingerprint density at radius 2 is 2.21 bits per heavy atom. The van der Waals surface area contributed by atoms with Crippen molar-refractivity contribution in [3.05, 3.63) is 17.3 Å². The van der Waals surface area contributed by atoms with Crippen LogP contribution in [0, 0.1) is 11.3 Å². The van der Waals surface area contributed by atoms with E-state index in [1.54, 1.807) is 0 Å². The summed E-state index contributed by atoms with van der Waals surface area (Å²) in [6, 6.07) is 1.42. The summed E-state index contributed by atoms with van der Waals surface area (Å²) in [4.78, 5) is 14.9. The minimum atomic E-state index is -5.02. The zero-order valence-corrected chi connectivity index (χ0v) is 9.61. The number of pyridine rings is 1. The molecule has 1 rings (SSSR count). The molecule has 19 heavy (non-hydrogen) atoms. The van der Waals surface area contributed by atoms with Gasteiger partial charge in [0.05, 0.1) is 12.8 Å². The fourth-order valence-corrected chi connectivity index (χ4v) is 1.23. The zero-order chi connectivity index (χ0) is 14.6. The summed E-state index contributed by atoms with van der Waals surface area (Å²) in [6.07, 6.45) is -4.40. The fourth-order valence-electron chi connectivity index (χ4n) is 1.23. The van der Waals surface area contributed by atoms with E-state index in [2.05, 4.69) is 14.5 Å². The van der Waals surface area contributed by atoms with Gasteiger partial charge in [-0.15, -0.1) is 13.2 Å². The molecule has 1 heterocycles. The SMILES string of the molecule is CCOC(=O)c1c(N)ncc(OC(F)(F)F)c1C#N. The monoisotopic (exact) mass is 275 g/mol. The van der Waals surface area contributed by atoms with Gasteiger partial charge in [-0.3, -0.25) is 0 Å². The minimum Gasteiger partial charge on any atom is -0.462 e. The topological polar surface area (TPSA) is 98.2 Å². The van der Waals surface area contributed by atoms with Gasteiger partial charge < -0.3 is 15.2 Å².